The van der Waals surface area contributed by atoms with E-state index in [-0.39, 0.29) is 39.1 Å². The van der Waals surface area contributed by atoms with Gasteiger partial charge in [-0.15, -0.1) is 0 Å². The van der Waals surface area contributed by atoms with E-state index in [1.807, 2.05) is 0 Å². The first-order valence-corrected chi connectivity index (χ1v) is 14.2. The van der Waals surface area contributed by atoms with E-state index < -0.39 is 17.4 Å². The molecule has 3 saturated heterocycles. The van der Waals surface area contributed by atoms with E-state index >= 15 is 4.39 Å². The summed E-state index contributed by atoms with van der Waals surface area (Å²) in [6, 6.07) is 10.6. The first-order chi connectivity index (χ1) is 19.4. The van der Waals surface area contributed by atoms with Crippen molar-refractivity contribution in [2.45, 2.75) is 43.8 Å². The highest BCUT2D eigenvalue weighted by atomic mass is 35.5. The molecule has 3 fully saturated rings. The molecule has 40 heavy (non-hydrogen) atoms. The van der Waals surface area contributed by atoms with E-state index in [1.165, 1.54) is 6.07 Å². The summed E-state index contributed by atoms with van der Waals surface area (Å²) in [5.41, 5.74) is 0.416. The molecule has 0 spiro atoms. The molecule has 3 aromatic carbocycles. The van der Waals surface area contributed by atoms with Crippen molar-refractivity contribution in [3.63, 3.8) is 0 Å². The fourth-order valence-electron chi connectivity index (χ4n) is 6.57. The van der Waals surface area contributed by atoms with Crippen LogP contribution in [0.25, 0.3) is 32.8 Å². The standard InChI is InChI=1S/C30H30ClF2N5O2/c1-37-10-4-5-18(37)15-40-30-35-28-22(29(36-30)38-13-16-8-9-17(14-38)34-16)11-23(31)25(27(28)33)21-12-24(39)26(32)20-7-3-2-6-19(20)21/h2-3,6-7,11-12,16-18,34,39H,4-5,8-10,13-15H2,1H3/t16-,17?,18+/m1/s1. The fraction of sp³-hybridized carbons (Fsp3) is 0.400. The number of ether oxygens (including phenoxy) is 1. The Balaban J connectivity index is 1.40. The second kappa shape index (κ2) is 9.98. The number of aromatic hydroxyl groups is 1. The molecule has 4 heterocycles. The van der Waals surface area contributed by atoms with Crippen molar-refractivity contribution in [2.75, 3.05) is 38.2 Å². The van der Waals surface area contributed by atoms with Gasteiger partial charge in [-0.2, -0.15) is 9.97 Å². The number of likely N-dealkylation sites (tertiary alicyclic amines) is 1. The Morgan fingerprint density at radius 2 is 1.77 bits per heavy atom. The molecule has 10 heteroatoms. The lowest BCUT2D eigenvalue weighted by molar-refractivity contribution is 0.188. The van der Waals surface area contributed by atoms with E-state index in [2.05, 4.69) is 27.1 Å². The molecule has 3 atom stereocenters. The minimum absolute atomic E-state index is 0.0483. The Labute approximate surface area is 235 Å². The normalized spacial score (nSPS) is 23.0. The van der Waals surface area contributed by atoms with Gasteiger partial charge < -0.3 is 25.0 Å². The number of anilines is 1. The topological polar surface area (TPSA) is 73.8 Å². The van der Waals surface area contributed by atoms with Crippen LogP contribution in [-0.2, 0) is 0 Å². The highest BCUT2D eigenvalue weighted by molar-refractivity contribution is 6.35. The summed E-state index contributed by atoms with van der Waals surface area (Å²) >= 11 is 6.78. The average Bonchev–Trinajstić information content (AvgIpc) is 3.52. The highest BCUT2D eigenvalue weighted by Gasteiger charge is 2.34. The summed E-state index contributed by atoms with van der Waals surface area (Å²) in [5.74, 6) is -1.41. The molecule has 7 rings (SSSR count). The maximum absolute atomic E-state index is 16.6. The number of nitrogens with zero attached hydrogens (tertiary/aromatic N) is 4. The van der Waals surface area contributed by atoms with Gasteiger partial charge in [0, 0.05) is 47.6 Å². The molecule has 0 saturated carbocycles. The largest absolute Gasteiger partial charge is 0.505 e. The zero-order valence-corrected chi connectivity index (χ0v) is 22.9. The highest BCUT2D eigenvalue weighted by Crippen LogP contribution is 2.43. The van der Waals surface area contributed by atoms with Crippen molar-refractivity contribution >= 4 is 39.1 Å². The maximum Gasteiger partial charge on any atom is 0.319 e. The number of benzene rings is 3. The van der Waals surface area contributed by atoms with Gasteiger partial charge in [0.1, 0.15) is 17.9 Å². The monoisotopic (exact) mass is 565 g/mol. The van der Waals surface area contributed by atoms with Crippen LogP contribution in [0.5, 0.6) is 11.8 Å². The van der Waals surface area contributed by atoms with Gasteiger partial charge in [-0.05, 0) is 62.4 Å². The number of likely N-dealkylation sites (N-methyl/N-ethyl adjacent to an activating group) is 1. The van der Waals surface area contributed by atoms with Crippen molar-refractivity contribution < 1.29 is 18.6 Å². The van der Waals surface area contributed by atoms with Crippen LogP contribution < -0.4 is 15.0 Å². The summed E-state index contributed by atoms with van der Waals surface area (Å²) in [4.78, 5) is 13.8. The van der Waals surface area contributed by atoms with Gasteiger partial charge in [-0.3, -0.25) is 0 Å². The van der Waals surface area contributed by atoms with E-state index in [0.717, 1.165) is 45.3 Å². The number of fused-ring (bicyclic) bond motifs is 4. The SMILES string of the molecule is CN1CCC[C@H]1COc1nc(N2CC3CC[C@H](C2)N3)c2cc(Cl)c(-c3cc(O)c(F)c4ccccc34)c(F)c2n1. The third-order valence-electron chi connectivity index (χ3n) is 8.66. The van der Waals surface area contributed by atoms with Crippen LogP contribution in [0, 0.1) is 11.6 Å². The molecule has 1 unspecified atom stereocenters. The molecule has 0 aliphatic carbocycles. The van der Waals surface area contributed by atoms with Gasteiger partial charge in [0.15, 0.2) is 17.4 Å². The van der Waals surface area contributed by atoms with E-state index in [4.69, 9.17) is 21.3 Å². The van der Waals surface area contributed by atoms with E-state index in [1.54, 1.807) is 30.3 Å². The molecule has 208 valence electrons. The molecular formula is C30H30ClF2N5O2. The Bertz CT molecular complexity index is 1620. The molecular weight excluding hydrogens is 536 g/mol. The number of phenols is 1. The first-order valence-electron chi connectivity index (χ1n) is 13.8. The summed E-state index contributed by atoms with van der Waals surface area (Å²) in [7, 11) is 2.07. The number of piperazine rings is 1. The van der Waals surface area contributed by atoms with Gasteiger partial charge in [-0.25, -0.2) is 8.78 Å². The molecule has 4 aromatic rings. The van der Waals surface area contributed by atoms with Crippen molar-refractivity contribution in [3.05, 3.63) is 53.1 Å². The molecule has 0 amide bonds. The summed E-state index contributed by atoms with van der Waals surface area (Å²) in [5, 5.41) is 15.2. The Kier molecular flexibility index (Phi) is 6.40. The minimum atomic E-state index is -0.762. The van der Waals surface area contributed by atoms with Crippen LogP contribution in [0.4, 0.5) is 14.6 Å². The van der Waals surface area contributed by atoms with Crippen LogP contribution in [0.2, 0.25) is 5.02 Å². The van der Waals surface area contributed by atoms with Crippen molar-refractivity contribution in [3.8, 4) is 22.9 Å². The summed E-state index contributed by atoms with van der Waals surface area (Å²) in [6.07, 6.45) is 4.30. The number of phenolic OH excluding ortho intramolecular Hbond substituents is 1. The van der Waals surface area contributed by atoms with Gasteiger partial charge in [-0.1, -0.05) is 35.9 Å². The predicted octanol–water partition coefficient (Wildman–Crippen LogP) is 5.50. The van der Waals surface area contributed by atoms with Crippen LogP contribution in [-0.4, -0.2) is 71.4 Å². The van der Waals surface area contributed by atoms with Crippen molar-refractivity contribution in [1.29, 1.82) is 0 Å². The second-order valence-corrected chi connectivity index (χ2v) is 11.6. The number of hydrogen-bond donors (Lipinski definition) is 2. The predicted molar refractivity (Wildman–Crippen MR) is 152 cm³/mol. The fourth-order valence-corrected chi connectivity index (χ4v) is 6.87. The molecule has 1 aromatic heterocycles. The smallest absolute Gasteiger partial charge is 0.319 e. The number of aromatic nitrogens is 2. The molecule has 7 nitrogen and oxygen atoms in total. The summed E-state index contributed by atoms with van der Waals surface area (Å²) in [6.45, 7) is 2.90. The minimum Gasteiger partial charge on any atom is -0.505 e. The molecule has 3 aliphatic rings. The molecule has 2 N–H and O–H groups in total. The number of nitrogens with one attached hydrogen (secondary N) is 1. The van der Waals surface area contributed by atoms with Gasteiger partial charge in [0.2, 0.25) is 0 Å². The zero-order chi connectivity index (χ0) is 27.5. The number of rotatable bonds is 5. The van der Waals surface area contributed by atoms with E-state index in [9.17, 15) is 9.50 Å². The quantitative estimate of drug-likeness (QED) is 0.331. The van der Waals surface area contributed by atoms with E-state index in [0.29, 0.717) is 35.3 Å². The lowest BCUT2D eigenvalue weighted by atomic mass is 9.95. The van der Waals surface area contributed by atoms with Crippen molar-refractivity contribution in [1.82, 2.24) is 20.2 Å². The molecule has 0 radical (unpaired) electrons. The van der Waals surface area contributed by atoms with Gasteiger partial charge >= 0.3 is 6.01 Å². The van der Waals surface area contributed by atoms with Crippen molar-refractivity contribution in [2.24, 2.45) is 0 Å². The van der Waals surface area contributed by atoms with Crippen LogP contribution in [0.3, 0.4) is 0 Å². The Hall–Kier alpha value is -3.27. The third-order valence-corrected chi connectivity index (χ3v) is 8.96. The number of hydrogen-bond acceptors (Lipinski definition) is 7. The van der Waals surface area contributed by atoms with Crippen LogP contribution >= 0.6 is 11.6 Å². The van der Waals surface area contributed by atoms with Gasteiger partial charge in [0.25, 0.3) is 0 Å². The lowest BCUT2D eigenvalue weighted by Crippen LogP contribution is -2.51. The maximum atomic E-state index is 16.6. The first kappa shape index (κ1) is 25.7. The summed E-state index contributed by atoms with van der Waals surface area (Å²) < 4.78 is 37.5. The molecule has 2 bridgehead atoms. The van der Waals surface area contributed by atoms with Crippen LogP contribution in [0.15, 0.2) is 36.4 Å². The zero-order valence-electron chi connectivity index (χ0n) is 22.1. The Morgan fingerprint density at radius 3 is 2.50 bits per heavy atom. The molecule has 3 aliphatic heterocycles. The second-order valence-electron chi connectivity index (χ2n) is 11.2. The average molecular weight is 566 g/mol. The third kappa shape index (κ3) is 4.31. The lowest BCUT2D eigenvalue weighted by Gasteiger charge is -2.34. The Morgan fingerprint density at radius 1 is 1.02 bits per heavy atom. The number of halogens is 3. The van der Waals surface area contributed by atoms with Gasteiger partial charge in [0.05, 0.1) is 5.02 Å². The van der Waals surface area contributed by atoms with Crippen LogP contribution in [0.1, 0.15) is 25.7 Å².